The topological polar surface area (TPSA) is 33.7 Å². The third-order valence-electron chi connectivity index (χ3n) is 3.58. The number of benzene rings is 1. The van der Waals surface area contributed by atoms with Crippen LogP contribution < -0.4 is 10.1 Å². The minimum Gasteiger partial charge on any atom is -0.492 e. The Bertz CT molecular complexity index is 398. The van der Waals surface area contributed by atoms with E-state index in [9.17, 15) is 0 Å². The van der Waals surface area contributed by atoms with Gasteiger partial charge in [-0.25, -0.2) is 0 Å². The monoisotopic (exact) mass is 278 g/mol. The van der Waals surface area contributed by atoms with Gasteiger partial charge in [0.15, 0.2) is 0 Å². The molecule has 0 radical (unpaired) electrons. The second-order valence-corrected chi connectivity index (χ2v) is 5.26. The van der Waals surface area contributed by atoms with Gasteiger partial charge in [0.05, 0.1) is 12.7 Å². The van der Waals surface area contributed by atoms with E-state index < -0.39 is 0 Å². The van der Waals surface area contributed by atoms with Gasteiger partial charge in [-0.05, 0) is 31.2 Å². The second-order valence-electron chi connectivity index (χ2n) is 5.26. The summed E-state index contributed by atoms with van der Waals surface area (Å²) in [5, 5.41) is 3.41. The third-order valence-corrected chi connectivity index (χ3v) is 3.58. The van der Waals surface area contributed by atoms with Gasteiger partial charge < -0.3 is 14.8 Å². The molecule has 0 amide bonds. The highest BCUT2D eigenvalue weighted by atomic mass is 16.5. The first-order valence-electron chi connectivity index (χ1n) is 7.52. The first kappa shape index (κ1) is 15.3. The van der Waals surface area contributed by atoms with E-state index in [1.165, 1.54) is 5.56 Å². The number of hydrogen-bond acceptors (Lipinski definition) is 4. The smallest absolute Gasteiger partial charge is 0.119 e. The minimum atomic E-state index is 0.308. The van der Waals surface area contributed by atoms with Gasteiger partial charge in [0.2, 0.25) is 0 Å². The number of likely N-dealkylation sites (N-methyl/N-ethyl adjacent to an activating group) is 1. The highest BCUT2D eigenvalue weighted by molar-refractivity contribution is 5.27. The van der Waals surface area contributed by atoms with Crippen molar-refractivity contribution in [1.82, 2.24) is 10.2 Å². The Labute approximate surface area is 122 Å². The van der Waals surface area contributed by atoms with Crippen LogP contribution in [0, 0.1) is 6.92 Å². The summed E-state index contributed by atoms with van der Waals surface area (Å²) in [4.78, 5) is 2.43. The molecule has 0 aliphatic carbocycles. The van der Waals surface area contributed by atoms with Crippen molar-refractivity contribution in [3.63, 3.8) is 0 Å². The van der Waals surface area contributed by atoms with Crippen molar-refractivity contribution in [3.05, 3.63) is 29.8 Å². The molecule has 1 aromatic rings. The fourth-order valence-electron chi connectivity index (χ4n) is 2.40. The first-order chi connectivity index (χ1) is 9.78. The van der Waals surface area contributed by atoms with Gasteiger partial charge in [-0.2, -0.15) is 0 Å². The summed E-state index contributed by atoms with van der Waals surface area (Å²) in [7, 11) is 0. The van der Waals surface area contributed by atoms with Gasteiger partial charge in [-0.15, -0.1) is 0 Å². The molecule has 2 rings (SSSR count). The van der Waals surface area contributed by atoms with Crippen LogP contribution in [0.2, 0.25) is 0 Å². The second kappa shape index (κ2) is 8.25. The summed E-state index contributed by atoms with van der Waals surface area (Å²) in [5.74, 6) is 0.942. The van der Waals surface area contributed by atoms with Gasteiger partial charge >= 0.3 is 0 Å². The predicted molar refractivity (Wildman–Crippen MR) is 81.4 cm³/mol. The van der Waals surface area contributed by atoms with E-state index in [2.05, 4.69) is 36.2 Å². The largest absolute Gasteiger partial charge is 0.492 e. The molecule has 1 heterocycles. The molecule has 1 fully saturated rings. The SMILES string of the molecule is CCN1CCOC(CNCCOc2cccc(C)c2)C1. The molecule has 1 aliphatic rings. The maximum Gasteiger partial charge on any atom is 0.119 e. The molecule has 0 bridgehead atoms. The molecule has 1 aliphatic heterocycles. The quantitative estimate of drug-likeness (QED) is 0.770. The first-order valence-corrected chi connectivity index (χ1v) is 7.52. The third kappa shape index (κ3) is 5.12. The maximum atomic E-state index is 5.75. The molecule has 1 atom stereocenters. The van der Waals surface area contributed by atoms with Crippen LogP contribution in [0.3, 0.4) is 0 Å². The number of ether oxygens (including phenoxy) is 2. The lowest BCUT2D eigenvalue weighted by Crippen LogP contribution is -2.46. The predicted octanol–water partition coefficient (Wildman–Crippen LogP) is 1.68. The van der Waals surface area contributed by atoms with Crippen LogP contribution in [0.15, 0.2) is 24.3 Å². The molecule has 1 N–H and O–H groups in total. The van der Waals surface area contributed by atoms with Gasteiger partial charge in [0.1, 0.15) is 12.4 Å². The highest BCUT2D eigenvalue weighted by Gasteiger charge is 2.18. The summed E-state index contributed by atoms with van der Waals surface area (Å²) in [6.45, 7) is 10.7. The van der Waals surface area contributed by atoms with Crippen molar-refractivity contribution in [2.45, 2.75) is 20.0 Å². The lowest BCUT2D eigenvalue weighted by molar-refractivity contribution is -0.0253. The molecular formula is C16H26N2O2. The fourth-order valence-corrected chi connectivity index (χ4v) is 2.40. The minimum absolute atomic E-state index is 0.308. The Balaban J connectivity index is 1.57. The number of nitrogens with one attached hydrogen (secondary N) is 1. The molecular weight excluding hydrogens is 252 g/mol. The number of morpholine rings is 1. The fraction of sp³-hybridized carbons (Fsp3) is 0.625. The molecule has 4 heteroatoms. The van der Waals surface area contributed by atoms with Crippen LogP contribution in [0.5, 0.6) is 5.75 Å². The molecule has 112 valence electrons. The summed E-state index contributed by atoms with van der Waals surface area (Å²) in [5.41, 5.74) is 1.23. The lowest BCUT2D eigenvalue weighted by Gasteiger charge is -2.32. The Hall–Kier alpha value is -1.10. The van der Waals surface area contributed by atoms with Crippen molar-refractivity contribution in [2.75, 3.05) is 45.9 Å². The molecule has 1 aromatic carbocycles. The van der Waals surface area contributed by atoms with E-state index >= 15 is 0 Å². The summed E-state index contributed by atoms with van der Waals surface area (Å²) in [6, 6.07) is 8.15. The summed E-state index contributed by atoms with van der Waals surface area (Å²) >= 11 is 0. The van der Waals surface area contributed by atoms with Crippen LogP contribution >= 0.6 is 0 Å². The van der Waals surface area contributed by atoms with Crippen LogP contribution in [-0.4, -0.2) is 56.9 Å². The lowest BCUT2D eigenvalue weighted by atomic mass is 10.2. The average Bonchev–Trinajstić information content (AvgIpc) is 2.47. The molecule has 0 aromatic heterocycles. The molecule has 0 saturated carbocycles. The molecule has 4 nitrogen and oxygen atoms in total. The molecule has 1 saturated heterocycles. The van der Waals surface area contributed by atoms with E-state index in [1.54, 1.807) is 0 Å². The molecule has 1 unspecified atom stereocenters. The van der Waals surface area contributed by atoms with Gasteiger partial charge in [0.25, 0.3) is 0 Å². The van der Waals surface area contributed by atoms with Gasteiger partial charge in [-0.3, -0.25) is 4.90 Å². The molecule has 0 spiro atoms. The van der Waals surface area contributed by atoms with E-state index in [-0.39, 0.29) is 0 Å². The summed E-state index contributed by atoms with van der Waals surface area (Å²) in [6.07, 6.45) is 0.308. The summed E-state index contributed by atoms with van der Waals surface area (Å²) < 4.78 is 11.5. The van der Waals surface area contributed by atoms with Crippen LogP contribution in [0.1, 0.15) is 12.5 Å². The van der Waals surface area contributed by atoms with E-state index in [1.807, 2.05) is 12.1 Å². The van der Waals surface area contributed by atoms with Crippen molar-refractivity contribution in [2.24, 2.45) is 0 Å². The zero-order chi connectivity index (χ0) is 14.2. The Morgan fingerprint density at radius 1 is 1.45 bits per heavy atom. The van der Waals surface area contributed by atoms with E-state index in [4.69, 9.17) is 9.47 Å². The maximum absolute atomic E-state index is 5.75. The van der Waals surface area contributed by atoms with Gasteiger partial charge in [0, 0.05) is 26.2 Å². The van der Waals surface area contributed by atoms with Crippen molar-refractivity contribution in [1.29, 1.82) is 0 Å². The average molecular weight is 278 g/mol. The van der Waals surface area contributed by atoms with Crippen molar-refractivity contribution >= 4 is 0 Å². The highest BCUT2D eigenvalue weighted by Crippen LogP contribution is 2.11. The van der Waals surface area contributed by atoms with E-state index in [0.29, 0.717) is 12.7 Å². The normalized spacial score (nSPS) is 20.0. The van der Waals surface area contributed by atoms with Crippen molar-refractivity contribution in [3.8, 4) is 5.75 Å². The standard InChI is InChI=1S/C16H26N2O2/c1-3-18-8-10-20-16(13-18)12-17-7-9-19-15-6-4-5-14(2)11-15/h4-6,11,16-17H,3,7-10,12-13H2,1-2H3. The zero-order valence-electron chi connectivity index (χ0n) is 12.6. The zero-order valence-corrected chi connectivity index (χ0v) is 12.6. The number of aryl methyl sites for hydroxylation is 1. The van der Waals surface area contributed by atoms with Crippen molar-refractivity contribution < 1.29 is 9.47 Å². The Morgan fingerprint density at radius 2 is 2.35 bits per heavy atom. The Kier molecular flexibility index (Phi) is 6.30. The van der Waals surface area contributed by atoms with Gasteiger partial charge in [-0.1, -0.05) is 19.1 Å². The Morgan fingerprint density at radius 3 is 3.15 bits per heavy atom. The number of hydrogen-bond donors (Lipinski definition) is 1. The number of rotatable bonds is 7. The molecule has 20 heavy (non-hydrogen) atoms. The van der Waals surface area contributed by atoms with Crippen LogP contribution in [-0.2, 0) is 4.74 Å². The van der Waals surface area contributed by atoms with Crippen LogP contribution in [0.25, 0.3) is 0 Å². The number of nitrogens with zero attached hydrogens (tertiary/aromatic N) is 1. The van der Waals surface area contributed by atoms with E-state index in [0.717, 1.165) is 45.1 Å². The van der Waals surface area contributed by atoms with Crippen LogP contribution in [0.4, 0.5) is 0 Å².